The van der Waals surface area contributed by atoms with Crippen molar-refractivity contribution in [3.63, 3.8) is 0 Å². The van der Waals surface area contributed by atoms with Gasteiger partial charge in [-0.1, -0.05) is 43.7 Å². The third kappa shape index (κ3) is 4.40. The number of amides is 1. The molecule has 1 aliphatic rings. The standard InChI is InChI=1S/C21H24N6O3/c1-2-15-11-27(21(29)30-13-14-6-4-3-5-7-14)12-16(15)18(28)9-22-19-10-23-20-17(25-19)8-24-26-20/h3-8,10,15-16H,2,9,11-13H2,1H3,(H,22,25)(H,23,24,26)/t15-,16-/m1/s1. The zero-order chi connectivity index (χ0) is 20.9. The number of ether oxygens (including phenoxy) is 1. The second kappa shape index (κ2) is 8.89. The summed E-state index contributed by atoms with van der Waals surface area (Å²) in [7, 11) is 0. The van der Waals surface area contributed by atoms with Gasteiger partial charge in [-0.15, -0.1) is 0 Å². The van der Waals surface area contributed by atoms with Crippen molar-refractivity contribution < 1.29 is 14.3 Å². The molecule has 30 heavy (non-hydrogen) atoms. The normalized spacial score (nSPS) is 18.5. The van der Waals surface area contributed by atoms with Crippen LogP contribution >= 0.6 is 0 Å². The maximum atomic E-state index is 12.8. The molecule has 0 unspecified atom stereocenters. The van der Waals surface area contributed by atoms with Crippen LogP contribution < -0.4 is 5.32 Å². The van der Waals surface area contributed by atoms with Crippen LogP contribution in [-0.4, -0.2) is 56.6 Å². The highest BCUT2D eigenvalue weighted by atomic mass is 16.6. The number of Topliss-reactive ketones (excluding diaryl/α,β-unsaturated/α-hetero) is 1. The second-order valence-corrected chi connectivity index (χ2v) is 7.40. The molecule has 3 heterocycles. The van der Waals surface area contributed by atoms with Gasteiger partial charge in [-0.3, -0.25) is 9.89 Å². The number of nitrogens with zero attached hydrogens (tertiary/aromatic N) is 4. The Labute approximate surface area is 173 Å². The van der Waals surface area contributed by atoms with Crippen molar-refractivity contribution in [1.82, 2.24) is 25.1 Å². The number of likely N-dealkylation sites (tertiary alicyclic amines) is 1. The van der Waals surface area contributed by atoms with E-state index in [1.54, 1.807) is 17.3 Å². The summed E-state index contributed by atoms with van der Waals surface area (Å²) in [6.45, 7) is 3.30. The molecule has 3 aromatic rings. The lowest BCUT2D eigenvalue weighted by atomic mass is 9.90. The van der Waals surface area contributed by atoms with Crippen LogP contribution in [0.1, 0.15) is 18.9 Å². The lowest BCUT2D eigenvalue weighted by Gasteiger charge is -2.16. The van der Waals surface area contributed by atoms with Crippen LogP contribution in [0.4, 0.5) is 10.6 Å². The largest absolute Gasteiger partial charge is 0.445 e. The van der Waals surface area contributed by atoms with E-state index in [9.17, 15) is 9.59 Å². The van der Waals surface area contributed by atoms with Gasteiger partial charge in [0, 0.05) is 19.0 Å². The Kier molecular flexibility index (Phi) is 5.87. The van der Waals surface area contributed by atoms with Crippen LogP contribution in [0.2, 0.25) is 0 Å². The predicted molar refractivity (Wildman–Crippen MR) is 111 cm³/mol. The molecule has 9 heteroatoms. The molecule has 2 aromatic heterocycles. The fourth-order valence-electron chi connectivity index (χ4n) is 3.74. The average molecular weight is 408 g/mol. The van der Waals surface area contributed by atoms with Crippen molar-refractivity contribution in [2.75, 3.05) is 25.0 Å². The zero-order valence-electron chi connectivity index (χ0n) is 16.7. The molecular formula is C21H24N6O3. The first-order valence-electron chi connectivity index (χ1n) is 10.0. The van der Waals surface area contributed by atoms with Crippen molar-refractivity contribution in [3.05, 3.63) is 48.3 Å². The molecule has 0 bridgehead atoms. The Balaban J connectivity index is 1.32. The van der Waals surface area contributed by atoms with Gasteiger partial charge in [-0.25, -0.2) is 14.8 Å². The van der Waals surface area contributed by atoms with E-state index in [1.165, 1.54) is 0 Å². The number of aromatic amines is 1. The van der Waals surface area contributed by atoms with Crippen LogP contribution in [0, 0.1) is 11.8 Å². The summed E-state index contributed by atoms with van der Waals surface area (Å²) in [4.78, 5) is 35.5. The summed E-state index contributed by atoms with van der Waals surface area (Å²) in [5, 5.41) is 9.66. The van der Waals surface area contributed by atoms with Crippen LogP contribution in [0.5, 0.6) is 0 Å². The van der Waals surface area contributed by atoms with Crippen LogP contribution in [0.15, 0.2) is 42.7 Å². The minimum Gasteiger partial charge on any atom is -0.445 e. The number of fused-ring (bicyclic) bond motifs is 1. The van der Waals surface area contributed by atoms with Gasteiger partial charge in [0.1, 0.15) is 17.9 Å². The Morgan fingerprint density at radius 2 is 2.07 bits per heavy atom. The van der Waals surface area contributed by atoms with Crippen LogP contribution in [0.25, 0.3) is 11.2 Å². The summed E-state index contributed by atoms with van der Waals surface area (Å²) in [5.74, 6) is 0.458. The van der Waals surface area contributed by atoms with Gasteiger partial charge in [0.2, 0.25) is 0 Å². The molecule has 1 aliphatic heterocycles. The molecule has 1 amide bonds. The van der Waals surface area contributed by atoms with Crippen molar-refractivity contribution in [1.29, 1.82) is 0 Å². The summed E-state index contributed by atoms with van der Waals surface area (Å²) in [6.07, 6.45) is 3.59. The highest BCUT2D eigenvalue weighted by molar-refractivity contribution is 5.86. The number of aromatic nitrogens is 4. The Bertz CT molecular complexity index is 1020. The number of carbonyl (C=O) groups is 2. The Hall–Kier alpha value is -3.49. The van der Waals surface area contributed by atoms with Gasteiger partial charge in [0.25, 0.3) is 0 Å². The quantitative estimate of drug-likeness (QED) is 0.618. The van der Waals surface area contributed by atoms with Gasteiger partial charge >= 0.3 is 6.09 Å². The first-order valence-corrected chi connectivity index (χ1v) is 10.0. The van der Waals surface area contributed by atoms with Crippen molar-refractivity contribution in [2.24, 2.45) is 11.8 Å². The predicted octanol–water partition coefficient (Wildman–Crippen LogP) is 2.63. The zero-order valence-corrected chi connectivity index (χ0v) is 16.7. The SMILES string of the molecule is CC[C@@H]1CN(C(=O)OCc2ccccc2)C[C@H]1C(=O)CNc1cnc2[nH]ncc2n1. The molecule has 1 aromatic carbocycles. The summed E-state index contributed by atoms with van der Waals surface area (Å²) in [6, 6.07) is 9.55. The molecule has 2 N–H and O–H groups in total. The van der Waals surface area contributed by atoms with Gasteiger partial charge < -0.3 is 15.0 Å². The minimum atomic E-state index is -0.378. The first kappa shape index (κ1) is 19.8. The van der Waals surface area contributed by atoms with Gasteiger partial charge in [0.15, 0.2) is 11.4 Å². The van der Waals surface area contributed by atoms with E-state index in [0.29, 0.717) is 30.1 Å². The third-order valence-corrected chi connectivity index (χ3v) is 5.44. The fourth-order valence-corrected chi connectivity index (χ4v) is 3.74. The lowest BCUT2D eigenvalue weighted by molar-refractivity contribution is -0.121. The number of ketones is 1. The van der Waals surface area contributed by atoms with Crippen molar-refractivity contribution in [2.45, 2.75) is 20.0 Å². The number of carbonyl (C=O) groups excluding carboxylic acids is 2. The van der Waals surface area contributed by atoms with E-state index >= 15 is 0 Å². The van der Waals surface area contributed by atoms with Gasteiger partial charge in [0.05, 0.1) is 18.9 Å². The number of H-pyrrole nitrogens is 1. The van der Waals surface area contributed by atoms with E-state index in [2.05, 4.69) is 25.5 Å². The Morgan fingerprint density at radius 3 is 2.87 bits per heavy atom. The van der Waals surface area contributed by atoms with E-state index in [0.717, 1.165) is 12.0 Å². The topological polar surface area (TPSA) is 113 Å². The molecule has 0 saturated carbocycles. The fraction of sp³-hybridized carbons (Fsp3) is 0.381. The molecule has 2 atom stereocenters. The molecule has 4 rings (SSSR count). The molecule has 156 valence electrons. The maximum absolute atomic E-state index is 12.8. The third-order valence-electron chi connectivity index (χ3n) is 5.44. The average Bonchev–Trinajstić information content (AvgIpc) is 3.43. The van der Waals surface area contributed by atoms with E-state index < -0.39 is 0 Å². The van der Waals surface area contributed by atoms with Crippen LogP contribution in [-0.2, 0) is 16.1 Å². The summed E-state index contributed by atoms with van der Waals surface area (Å²) in [5.41, 5.74) is 2.16. The van der Waals surface area contributed by atoms with Crippen molar-refractivity contribution in [3.8, 4) is 0 Å². The molecular weight excluding hydrogens is 384 g/mol. The van der Waals surface area contributed by atoms with Gasteiger partial charge in [-0.05, 0) is 11.5 Å². The minimum absolute atomic E-state index is 0.0503. The second-order valence-electron chi connectivity index (χ2n) is 7.40. The number of hydrogen-bond donors (Lipinski definition) is 2. The molecule has 9 nitrogen and oxygen atoms in total. The number of nitrogens with one attached hydrogen (secondary N) is 2. The molecule has 1 saturated heterocycles. The highest BCUT2D eigenvalue weighted by Gasteiger charge is 2.38. The summed E-state index contributed by atoms with van der Waals surface area (Å²) >= 11 is 0. The molecule has 1 fully saturated rings. The number of rotatable bonds is 7. The highest BCUT2D eigenvalue weighted by Crippen LogP contribution is 2.28. The molecule has 0 aliphatic carbocycles. The molecule has 0 radical (unpaired) electrons. The lowest BCUT2D eigenvalue weighted by Crippen LogP contribution is -2.32. The van der Waals surface area contributed by atoms with Gasteiger partial charge in [-0.2, -0.15) is 5.10 Å². The number of benzene rings is 1. The van der Waals surface area contributed by atoms with Crippen LogP contribution in [0.3, 0.4) is 0 Å². The Morgan fingerprint density at radius 1 is 1.23 bits per heavy atom. The smallest absolute Gasteiger partial charge is 0.410 e. The monoisotopic (exact) mass is 408 g/mol. The van der Waals surface area contributed by atoms with E-state index in [-0.39, 0.29) is 36.9 Å². The first-order chi connectivity index (χ1) is 14.6. The number of anilines is 1. The van der Waals surface area contributed by atoms with E-state index in [4.69, 9.17) is 4.74 Å². The van der Waals surface area contributed by atoms with E-state index in [1.807, 2.05) is 37.3 Å². The summed E-state index contributed by atoms with van der Waals surface area (Å²) < 4.78 is 5.43. The van der Waals surface area contributed by atoms with Crippen molar-refractivity contribution >= 4 is 28.9 Å². The number of hydrogen-bond acceptors (Lipinski definition) is 7. The molecule has 0 spiro atoms. The maximum Gasteiger partial charge on any atom is 0.410 e.